The summed E-state index contributed by atoms with van der Waals surface area (Å²) in [5, 5.41) is 18.3. The van der Waals surface area contributed by atoms with Gasteiger partial charge in [-0.05, 0) is 43.7 Å². The normalized spacial score (nSPS) is 13.6. The second-order valence-corrected chi connectivity index (χ2v) is 4.88. The summed E-state index contributed by atoms with van der Waals surface area (Å²) < 4.78 is 10.7. The SMILES string of the molecule is Cc1cc2c(cc1CCN(C)C(CO)CO)OCO2. The zero-order chi connectivity index (χ0) is 13.8. The van der Waals surface area contributed by atoms with E-state index >= 15 is 0 Å². The first-order chi connectivity index (χ1) is 9.15. The predicted octanol–water partition coefficient (Wildman–Crippen LogP) is 0.551. The molecular weight excluding hydrogens is 246 g/mol. The summed E-state index contributed by atoms with van der Waals surface area (Å²) in [7, 11) is 1.90. The number of benzene rings is 1. The molecule has 0 unspecified atom stereocenters. The largest absolute Gasteiger partial charge is 0.454 e. The van der Waals surface area contributed by atoms with Crippen LogP contribution < -0.4 is 9.47 Å². The average molecular weight is 267 g/mol. The summed E-state index contributed by atoms with van der Waals surface area (Å²) in [5.74, 6) is 1.60. The minimum atomic E-state index is -0.200. The van der Waals surface area contributed by atoms with Crippen LogP contribution in [0, 0.1) is 6.92 Å². The van der Waals surface area contributed by atoms with Gasteiger partial charge in [-0.1, -0.05) is 0 Å². The summed E-state index contributed by atoms with van der Waals surface area (Å²) >= 11 is 0. The Kier molecular flexibility index (Phi) is 4.63. The highest BCUT2D eigenvalue weighted by Gasteiger charge is 2.17. The smallest absolute Gasteiger partial charge is 0.231 e. The van der Waals surface area contributed by atoms with E-state index in [1.54, 1.807) is 0 Å². The Balaban J connectivity index is 2.00. The third-order valence-corrected chi connectivity index (χ3v) is 3.61. The second kappa shape index (κ2) is 6.23. The third kappa shape index (κ3) is 3.18. The lowest BCUT2D eigenvalue weighted by atomic mass is 10.0. The van der Waals surface area contributed by atoms with Crippen LogP contribution in [0.15, 0.2) is 12.1 Å². The Labute approximate surface area is 113 Å². The summed E-state index contributed by atoms with van der Waals surface area (Å²) in [5.41, 5.74) is 2.37. The van der Waals surface area contributed by atoms with E-state index in [9.17, 15) is 0 Å². The number of fused-ring (bicyclic) bond motifs is 1. The predicted molar refractivity (Wildman–Crippen MR) is 71.6 cm³/mol. The van der Waals surface area contributed by atoms with Gasteiger partial charge in [-0.15, -0.1) is 0 Å². The zero-order valence-corrected chi connectivity index (χ0v) is 11.4. The zero-order valence-electron chi connectivity index (χ0n) is 11.4. The maximum Gasteiger partial charge on any atom is 0.231 e. The molecule has 2 rings (SSSR count). The Morgan fingerprint density at radius 1 is 1.21 bits per heavy atom. The van der Waals surface area contributed by atoms with Gasteiger partial charge in [0.15, 0.2) is 11.5 Å². The van der Waals surface area contributed by atoms with Gasteiger partial charge < -0.3 is 19.7 Å². The summed E-state index contributed by atoms with van der Waals surface area (Å²) in [4.78, 5) is 1.96. The van der Waals surface area contributed by atoms with E-state index in [0.717, 1.165) is 24.5 Å². The highest BCUT2D eigenvalue weighted by molar-refractivity contribution is 5.48. The van der Waals surface area contributed by atoms with E-state index < -0.39 is 0 Å². The van der Waals surface area contributed by atoms with Crippen LogP contribution in [-0.4, -0.2) is 54.8 Å². The molecule has 0 amide bonds. The fourth-order valence-electron chi connectivity index (χ4n) is 2.17. The highest BCUT2D eigenvalue weighted by atomic mass is 16.7. The molecule has 0 aromatic heterocycles. The molecule has 0 aliphatic carbocycles. The number of aliphatic hydroxyl groups is 2. The van der Waals surface area contributed by atoms with Crippen molar-refractivity contribution in [3.8, 4) is 11.5 Å². The molecule has 19 heavy (non-hydrogen) atoms. The van der Waals surface area contributed by atoms with Crippen molar-refractivity contribution in [2.45, 2.75) is 19.4 Å². The molecule has 1 aliphatic heterocycles. The van der Waals surface area contributed by atoms with Crippen LogP contribution in [0.25, 0.3) is 0 Å². The van der Waals surface area contributed by atoms with Crippen molar-refractivity contribution < 1.29 is 19.7 Å². The van der Waals surface area contributed by atoms with Gasteiger partial charge in [0.1, 0.15) is 0 Å². The van der Waals surface area contributed by atoms with Gasteiger partial charge in [0.05, 0.1) is 19.3 Å². The number of aliphatic hydroxyl groups excluding tert-OH is 2. The number of nitrogens with zero attached hydrogens (tertiary/aromatic N) is 1. The van der Waals surface area contributed by atoms with E-state index in [0.29, 0.717) is 0 Å². The minimum absolute atomic E-state index is 0.0346. The van der Waals surface area contributed by atoms with Crippen LogP contribution >= 0.6 is 0 Å². The molecule has 1 heterocycles. The van der Waals surface area contributed by atoms with E-state index in [1.807, 2.05) is 31.0 Å². The van der Waals surface area contributed by atoms with Gasteiger partial charge in [0.2, 0.25) is 6.79 Å². The first-order valence-corrected chi connectivity index (χ1v) is 6.46. The van der Waals surface area contributed by atoms with Crippen molar-refractivity contribution in [3.05, 3.63) is 23.3 Å². The monoisotopic (exact) mass is 267 g/mol. The standard InChI is InChI=1S/C14H21NO4/c1-10-5-13-14(19-9-18-13)6-11(10)3-4-15(2)12(7-16)8-17/h5-6,12,16-17H,3-4,7-9H2,1-2H3. The Morgan fingerprint density at radius 2 is 1.84 bits per heavy atom. The van der Waals surface area contributed by atoms with Gasteiger partial charge in [-0.25, -0.2) is 0 Å². The molecule has 5 heteroatoms. The Hall–Kier alpha value is -1.30. The molecule has 0 spiro atoms. The van der Waals surface area contributed by atoms with Gasteiger partial charge in [-0.2, -0.15) is 0 Å². The van der Waals surface area contributed by atoms with Crippen LogP contribution in [0.4, 0.5) is 0 Å². The minimum Gasteiger partial charge on any atom is -0.454 e. The first-order valence-electron chi connectivity index (χ1n) is 6.46. The quantitative estimate of drug-likeness (QED) is 0.788. The number of aryl methyl sites for hydroxylation is 1. The molecule has 0 saturated heterocycles. The molecule has 5 nitrogen and oxygen atoms in total. The molecule has 0 radical (unpaired) electrons. The van der Waals surface area contributed by atoms with Crippen LogP contribution in [0.5, 0.6) is 11.5 Å². The molecule has 2 N–H and O–H groups in total. The van der Waals surface area contributed by atoms with Gasteiger partial charge in [-0.3, -0.25) is 4.90 Å². The fraction of sp³-hybridized carbons (Fsp3) is 0.571. The summed E-state index contributed by atoms with van der Waals surface area (Å²) in [6, 6.07) is 3.81. The molecule has 0 atom stereocenters. The van der Waals surface area contributed by atoms with Gasteiger partial charge in [0.25, 0.3) is 0 Å². The molecule has 0 saturated carbocycles. The lowest BCUT2D eigenvalue weighted by Gasteiger charge is -2.24. The van der Waals surface area contributed by atoms with Gasteiger partial charge >= 0.3 is 0 Å². The lowest BCUT2D eigenvalue weighted by molar-refractivity contribution is 0.0925. The molecule has 106 valence electrons. The average Bonchev–Trinajstić information content (AvgIpc) is 2.84. The lowest BCUT2D eigenvalue weighted by Crippen LogP contribution is -2.38. The maximum absolute atomic E-state index is 9.14. The fourth-order valence-corrected chi connectivity index (χ4v) is 2.17. The van der Waals surface area contributed by atoms with Crippen LogP contribution in [0.2, 0.25) is 0 Å². The van der Waals surface area contributed by atoms with E-state index in [-0.39, 0.29) is 26.0 Å². The number of rotatable bonds is 6. The van der Waals surface area contributed by atoms with Crippen LogP contribution in [0.3, 0.4) is 0 Å². The molecule has 1 aromatic rings. The maximum atomic E-state index is 9.14. The van der Waals surface area contributed by atoms with Crippen molar-refractivity contribution in [3.63, 3.8) is 0 Å². The Morgan fingerprint density at radius 3 is 2.47 bits per heavy atom. The van der Waals surface area contributed by atoms with Crippen molar-refractivity contribution in [2.24, 2.45) is 0 Å². The van der Waals surface area contributed by atoms with Crippen LogP contribution in [0.1, 0.15) is 11.1 Å². The van der Waals surface area contributed by atoms with Crippen LogP contribution in [-0.2, 0) is 6.42 Å². The van der Waals surface area contributed by atoms with E-state index in [4.69, 9.17) is 19.7 Å². The molecular formula is C14H21NO4. The number of ether oxygens (including phenoxy) is 2. The molecule has 0 fully saturated rings. The first kappa shape index (κ1) is 14.1. The van der Waals surface area contributed by atoms with Crippen molar-refractivity contribution in [2.75, 3.05) is 33.6 Å². The second-order valence-electron chi connectivity index (χ2n) is 4.88. The third-order valence-electron chi connectivity index (χ3n) is 3.61. The summed E-state index contributed by atoms with van der Waals surface area (Å²) in [6.07, 6.45) is 0.843. The molecule has 0 bridgehead atoms. The topological polar surface area (TPSA) is 62.2 Å². The van der Waals surface area contributed by atoms with E-state index in [1.165, 1.54) is 11.1 Å². The number of hydrogen-bond donors (Lipinski definition) is 2. The Bertz CT molecular complexity index is 432. The number of likely N-dealkylation sites (N-methyl/N-ethyl adjacent to an activating group) is 1. The van der Waals surface area contributed by atoms with Crippen molar-refractivity contribution in [1.29, 1.82) is 0 Å². The molecule has 1 aromatic carbocycles. The number of hydrogen-bond acceptors (Lipinski definition) is 5. The van der Waals surface area contributed by atoms with Gasteiger partial charge in [0, 0.05) is 6.54 Å². The van der Waals surface area contributed by atoms with E-state index in [2.05, 4.69) is 0 Å². The van der Waals surface area contributed by atoms with Crippen molar-refractivity contribution >= 4 is 0 Å². The highest BCUT2D eigenvalue weighted by Crippen LogP contribution is 2.34. The molecule has 1 aliphatic rings. The summed E-state index contributed by atoms with van der Waals surface area (Å²) in [6.45, 7) is 3.04. The van der Waals surface area contributed by atoms with Crippen molar-refractivity contribution in [1.82, 2.24) is 4.90 Å².